The van der Waals surface area contributed by atoms with Gasteiger partial charge >= 0.3 is 6.09 Å². The Balaban J connectivity index is 1.71. The first-order chi connectivity index (χ1) is 13.7. The Kier molecular flexibility index (Phi) is 5.18. The van der Waals surface area contributed by atoms with Gasteiger partial charge in [-0.3, -0.25) is 0 Å². The van der Waals surface area contributed by atoms with E-state index in [1.54, 1.807) is 7.11 Å². The summed E-state index contributed by atoms with van der Waals surface area (Å²) < 4.78 is 13.1. The summed E-state index contributed by atoms with van der Waals surface area (Å²) in [5.74, 6) is 2.15. The first-order valence-corrected chi connectivity index (χ1v) is 9.61. The maximum Gasteiger partial charge on any atom is 0.405 e. The van der Waals surface area contributed by atoms with E-state index in [-0.39, 0.29) is 12.4 Å². The van der Waals surface area contributed by atoms with Crippen LogP contribution in [0.5, 0.6) is 5.75 Å². The van der Waals surface area contributed by atoms with E-state index in [1.165, 1.54) is 32.1 Å². The quantitative estimate of drug-likeness (QED) is 0.665. The van der Waals surface area contributed by atoms with Gasteiger partial charge in [0.05, 0.1) is 12.6 Å². The van der Waals surface area contributed by atoms with Gasteiger partial charge in [-0.25, -0.2) is 4.79 Å². The Bertz CT molecular complexity index is 972. The lowest BCUT2D eigenvalue weighted by atomic mass is 9.89. The molecule has 0 atom stereocenters. The van der Waals surface area contributed by atoms with Crippen LogP contribution in [0, 0.1) is 5.92 Å². The third kappa shape index (κ3) is 3.67. The summed E-state index contributed by atoms with van der Waals surface area (Å²) in [6.07, 6.45) is 7.33. The Morgan fingerprint density at radius 1 is 1.36 bits per heavy atom. The number of para-hydroxylation sites is 1. The van der Waals surface area contributed by atoms with E-state index in [1.807, 2.05) is 18.2 Å². The molecule has 28 heavy (non-hydrogen) atoms. The third-order valence-electron chi connectivity index (χ3n) is 5.36. The predicted molar refractivity (Wildman–Crippen MR) is 103 cm³/mol. The number of rotatable bonds is 6. The number of ether oxygens (including phenoxy) is 1. The first-order valence-electron chi connectivity index (χ1n) is 9.61. The van der Waals surface area contributed by atoms with Crippen LogP contribution >= 0.6 is 0 Å². The number of hydrogen-bond acceptors (Lipinski definition) is 5. The average Bonchev–Trinajstić information content (AvgIpc) is 3.32. The molecule has 1 amide bonds. The van der Waals surface area contributed by atoms with E-state index in [2.05, 4.69) is 26.2 Å². The number of methoxy groups -OCH3 is 1. The maximum absolute atomic E-state index is 10.7. The minimum atomic E-state index is -1.13. The van der Waals surface area contributed by atoms with Gasteiger partial charge < -0.3 is 24.3 Å². The van der Waals surface area contributed by atoms with Crippen molar-refractivity contribution in [2.24, 2.45) is 5.92 Å². The molecule has 1 aliphatic rings. The number of nitrogens with one attached hydrogen (secondary N) is 1. The van der Waals surface area contributed by atoms with Gasteiger partial charge in [0, 0.05) is 23.7 Å². The van der Waals surface area contributed by atoms with Gasteiger partial charge in [-0.05, 0) is 24.8 Å². The lowest BCUT2D eigenvalue weighted by Gasteiger charge is -2.22. The van der Waals surface area contributed by atoms with Crippen LogP contribution in [-0.4, -0.2) is 33.0 Å². The SMILES string of the molecule is COc1cccc2c(-c3noc(CNC(=O)O)n3)cn(CC3CCCCC3)c12. The van der Waals surface area contributed by atoms with Crippen LogP contribution in [-0.2, 0) is 13.1 Å². The predicted octanol–water partition coefficient (Wildman–Crippen LogP) is 4.05. The van der Waals surface area contributed by atoms with Gasteiger partial charge in [-0.1, -0.05) is 36.6 Å². The molecule has 0 bridgehead atoms. The van der Waals surface area contributed by atoms with Gasteiger partial charge in [0.15, 0.2) is 0 Å². The summed E-state index contributed by atoms with van der Waals surface area (Å²) in [5.41, 5.74) is 1.88. The molecular weight excluding hydrogens is 360 g/mol. The molecule has 0 saturated heterocycles. The van der Waals surface area contributed by atoms with Gasteiger partial charge in [0.25, 0.3) is 0 Å². The number of nitrogens with zero attached hydrogens (tertiary/aromatic N) is 3. The molecule has 1 aromatic carbocycles. The molecule has 2 N–H and O–H groups in total. The highest BCUT2D eigenvalue weighted by Crippen LogP contribution is 2.36. The molecule has 8 heteroatoms. The van der Waals surface area contributed by atoms with Gasteiger partial charge in [0.2, 0.25) is 11.7 Å². The van der Waals surface area contributed by atoms with Crippen molar-refractivity contribution in [3.05, 3.63) is 30.3 Å². The molecular formula is C20H24N4O4. The smallest absolute Gasteiger partial charge is 0.405 e. The number of carboxylic acid groups (broad SMARTS) is 1. The number of amides is 1. The number of aromatic nitrogens is 3. The van der Waals surface area contributed by atoms with E-state index < -0.39 is 6.09 Å². The van der Waals surface area contributed by atoms with E-state index in [4.69, 9.17) is 14.4 Å². The van der Waals surface area contributed by atoms with Crippen LogP contribution in [0.2, 0.25) is 0 Å². The largest absolute Gasteiger partial charge is 0.495 e. The van der Waals surface area contributed by atoms with Crippen molar-refractivity contribution < 1.29 is 19.2 Å². The fourth-order valence-corrected chi connectivity index (χ4v) is 4.05. The lowest BCUT2D eigenvalue weighted by molar-refractivity contribution is 0.192. The molecule has 0 unspecified atom stereocenters. The molecule has 1 fully saturated rings. The van der Waals surface area contributed by atoms with Crippen LogP contribution in [0.15, 0.2) is 28.9 Å². The zero-order chi connectivity index (χ0) is 19.5. The number of hydrogen-bond donors (Lipinski definition) is 2. The Morgan fingerprint density at radius 3 is 2.93 bits per heavy atom. The zero-order valence-corrected chi connectivity index (χ0v) is 15.9. The van der Waals surface area contributed by atoms with Crippen molar-refractivity contribution in [3.63, 3.8) is 0 Å². The summed E-state index contributed by atoms with van der Waals surface area (Å²) in [6, 6.07) is 5.93. The Labute approximate surface area is 162 Å². The molecule has 2 heterocycles. The molecule has 0 spiro atoms. The van der Waals surface area contributed by atoms with Crippen LogP contribution in [0.25, 0.3) is 22.3 Å². The van der Waals surface area contributed by atoms with E-state index in [9.17, 15) is 4.79 Å². The van der Waals surface area contributed by atoms with E-state index >= 15 is 0 Å². The molecule has 2 aromatic heterocycles. The molecule has 8 nitrogen and oxygen atoms in total. The Hall–Kier alpha value is -3.03. The van der Waals surface area contributed by atoms with E-state index in [0.29, 0.717) is 11.7 Å². The van der Waals surface area contributed by atoms with Crippen LogP contribution in [0.4, 0.5) is 4.79 Å². The zero-order valence-electron chi connectivity index (χ0n) is 15.9. The summed E-state index contributed by atoms with van der Waals surface area (Å²) in [7, 11) is 1.68. The summed E-state index contributed by atoms with van der Waals surface area (Å²) in [6.45, 7) is 0.911. The minimum absolute atomic E-state index is 0.0215. The molecule has 148 valence electrons. The van der Waals surface area contributed by atoms with Crippen molar-refractivity contribution >= 4 is 17.0 Å². The van der Waals surface area contributed by atoms with Crippen LogP contribution in [0.1, 0.15) is 38.0 Å². The lowest BCUT2D eigenvalue weighted by Crippen LogP contribution is -2.20. The number of fused-ring (bicyclic) bond motifs is 1. The summed E-state index contributed by atoms with van der Waals surface area (Å²) in [5, 5.41) is 16.0. The molecule has 1 saturated carbocycles. The number of carbonyl (C=O) groups is 1. The second kappa shape index (κ2) is 7.92. The highest BCUT2D eigenvalue weighted by molar-refractivity contribution is 5.97. The fourth-order valence-electron chi connectivity index (χ4n) is 4.05. The molecule has 0 radical (unpaired) electrons. The highest BCUT2D eigenvalue weighted by atomic mass is 16.5. The van der Waals surface area contributed by atoms with Crippen LogP contribution in [0.3, 0.4) is 0 Å². The molecule has 0 aliphatic heterocycles. The van der Waals surface area contributed by atoms with Crippen molar-refractivity contribution in [2.45, 2.75) is 45.2 Å². The second-order valence-corrected chi connectivity index (χ2v) is 7.23. The molecule has 4 rings (SSSR count). The van der Waals surface area contributed by atoms with E-state index in [0.717, 1.165) is 28.8 Å². The Morgan fingerprint density at radius 2 is 2.18 bits per heavy atom. The summed E-state index contributed by atoms with van der Waals surface area (Å²) in [4.78, 5) is 15.0. The standard InChI is InChI=1S/C20H24N4O4/c1-27-16-9-5-8-14-15(19-22-17(28-23-19)10-21-20(25)26)12-24(18(14)16)11-13-6-3-2-4-7-13/h5,8-9,12-13,21H,2-4,6-7,10-11H2,1H3,(H,25,26). The number of benzene rings is 1. The van der Waals surface area contributed by atoms with Crippen molar-refractivity contribution in [1.29, 1.82) is 0 Å². The first kappa shape index (κ1) is 18.3. The van der Waals surface area contributed by atoms with Crippen molar-refractivity contribution in [3.8, 4) is 17.1 Å². The van der Waals surface area contributed by atoms with Crippen LogP contribution < -0.4 is 10.1 Å². The van der Waals surface area contributed by atoms with Crippen molar-refractivity contribution in [1.82, 2.24) is 20.0 Å². The van der Waals surface area contributed by atoms with Gasteiger partial charge in [-0.2, -0.15) is 4.98 Å². The topological polar surface area (TPSA) is 102 Å². The normalized spacial score (nSPS) is 15.0. The fraction of sp³-hybridized carbons (Fsp3) is 0.450. The summed E-state index contributed by atoms with van der Waals surface area (Å²) >= 11 is 0. The molecule has 1 aliphatic carbocycles. The highest BCUT2D eigenvalue weighted by Gasteiger charge is 2.21. The second-order valence-electron chi connectivity index (χ2n) is 7.23. The maximum atomic E-state index is 10.7. The van der Waals surface area contributed by atoms with Gasteiger partial charge in [-0.15, -0.1) is 0 Å². The minimum Gasteiger partial charge on any atom is -0.495 e. The average molecular weight is 384 g/mol. The monoisotopic (exact) mass is 384 g/mol. The van der Waals surface area contributed by atoms with Gasteiger partial charge in [0.1, 0.15) is 12.3 Å². The third-order valence-corrected chi connectivity index (χ3v) is 5.36. The molecule has 3 aromatic rings. The van der Waals surface area contributed by atoms with Crippen molar-refractivity contribution in [2.75, 3.05) is 7.11 Å².